The number of hydrogen-bond donors (Lipinski definition) is 1. The van der Waals surface area contributed by atoms with E-state index in [1.165, 1.54) is 46.6 Å². The maximum Gasteiger partial charge on any atom is 0.347 e. The summed E-state index contributed by atoms with van der Waals surface area (Å²) in [5.41, 5.74) is 1.78. The number of ether oxygens (including phenoxy) is 5. The summed E-state index contributed by atoms with van der Waals surface area (Å²) in [6, 6.07) is 3.48. The summed E-state index contributed by atoms with van der Waals surface area (Å²) in [5.74, 6) is -4.14. The fraction of sp³-hybridized carbons (Fsp3) is 0.481. The predicted molar refractivity (Wildman–Crippen MR) is 153 cm³/mol. The number of esters is 4. The Morgan fingerprint density at radius 3 is 1.88 bits per heavy atom. The molecule has 15 nitrogen and oxygen atoms in total. The number of amides is 1. The van der Waals surface area contributed by atoms with E-state index in [2.05, 4.69) is 36.2 Å². The zero-order valence-corrected chi connectivity index (χ0v) is 25.9. The van der Waals surface area contributed by atoms with Gasteiger partial charge in [0.2, 0.25) is 5.96 Å². The summed E-state index contributed by atoms with van der Waals surface area (Å²) >= 11 is 3.49. The number of methoxy groups -OCH3 is 1. The van der Waals surface area contributed by atoms with Crippen molar-refractivity contribution in [2.24, 2.45) is 4.99 Å². The lowest BCUT2D eigenvalue weighted by atomic mass is 10.2. The minimum atomic E-state index is -1.43. The highest BCUT2D eigenvalue weighted by Gasteiger charge is 2.34. The van der Waals surface area contributed by atoms with Gasteiger partial charge in [0, 0.05) is 32.6 Å². The Balaban J connectivity index is 1.55. The molecule has 1 aromatic carbocycles. The molecule has 0 spiro atoms. The van der Waals surface area contributed by atoms with Crippen LogP contribution in [0.1, 0.15) is 34.6 Å². The Bertz CT molecular complexity index is 1420. The van der Waals surface area contributed by atoms with E-state index in [1.807, 2.05) is 0 Å². The van der Waals surface area contributed by atoms with Gasteiger partial charge < -0.3 is 29.0 Å². The molecule has 232 valence electrons. The Morgan fingerprint density at radius 1 is 0.814 bits per heavy atom. The van der Waals surface area contributed by atoms with Crippen LogP contribution in [0.15, 0.2) is 34.0 Å². The molecule has 2 aromatic rings. The monoisotopic (exact) mass is 665 g/mol. The van der Waals surface area contributed by atoms with Gasteiger partial charge in [-0.1, -0.05) is 0 Å². The molecule has 1 aliphatic rings. The molecule has 43 heavy (non-hydrogen) atoms. The van der Waals surface area contributed by atoms with Gasteiger partial charge in [-0.15, -0.1) is 0 Å². The molecule has 16 heteroatoms. The van der Waals surface area contributed by atoms with E-state index in [0.29, 0.717) is 27.7 Å². The van der Waals surface area contributed by atoms with E-state index < -0.39 is 60.3 Å². The number of rotatable bonds is 11. The summed E-state index contributed by atoms with van der Waals surface area (Å²) < 4.78 is 25.6. The van der Waals surface area contributed by atoms with Gasteiger partial charge in [-0.25, -0.2) is 24.2 Å². The number of fused-ring (bicyclic) bond motifs is 1. The number of hydrogen-bond acceptors (Lipinski definition) is 13. The van der Waals surface area contributed by atoms with Gasteiger partial charge in [0.1, 0.15) is 5.52 Å². The van der Waals surface area contributed by atoms with Crippen molar-refractivity contribution in [1.29, 1.82) is 0 Å². The van der Waals surface area contributed by atoms with Gasteiger partial charge in [0.25, 0.3) is 5.91 Å². The second-order valence-corrected chi connectivity index (χ2v) is 10.2. The van der Waals surface area contributed by atoms with E-state index in [4.69, 9.17) is 23.7 Å². The van der Waals surface area contributed by atoms with Crippen LogP contribution in [0.4, 0.5) is 5.69 Å². The molecule has 1 saturated heterocycles. The second-order valence-electron chi connectivity index (χ2n) is 9.37. The highest BCUT2D eigenvalue weighted by Crippen LogP contribution is 2.31. The molecule has 2 heterocycles. The van der Waals surface area contributed by atoms with E-state index in [9.17, 15) is 24.0 Å². The van der Waals surface area contributed by atoms with Crippen LogP contribution in [-0.4, -0.2) is 101 Å². The number of nitrogens with zero attached hydrogens (tertiary/aromatic N) is 4. The summed E-state index contributed by atoms with van der Waals surface area (Å²) in [5, 5.41) is 3.04. The van der Waals surface area contributed by atoms with E-state index >= 15 is 0 Å². The molecule has 1 N–H and O–H groups in total. The highest BCUT2D eigenvalue weighted by atomic mass is 79.9. The van der Waals surface area contributed by atoms with E-state index in [-0.39, 0.29) is 12.5 Å². The fourth-order valence-electron chi connectivity index (χ4n) is 3.58. The van der Waals surface area contributed by atoms with Gasteiger partial charge in [-0.2, -0.15) is 0 Å². The Labute approximate surface area is 255 Å². The molecule has 1 fully saturated rings. The standard InChI is InChI=1S/C27H32BrN5O10/c1-13(22(34)33-12-11-31-27(33)32-18-7-8-19-21(20(18)28)30-10-9-29-19)40-24(36)15(3)42-26(38)17(5)43-25(37)16(4)41-23(35)14(2)39-6/h7-10,13-17H,11-12H2,1-6H3,(H,31,32)/t13-,14-,15-,16-,17-/m0/s1. The molecule has 0 bridgehead atoms. The second kappa shape index (κ2) is 14.8. The molecular formula is C27H32BrN5O10. The van der Waals surface area contributed by atoms with Gasteiger partial charge in [0.15, 0.2) is 30.5 Å². The lowest BCUT2D eigenvalue weighted by molar-refractivity contribution is -0.185. The predicted octanol–water partition coefficient (Wildman–Crippen LogP) is 1.57. The van der Waals surface area contributed by atoms with Gasteiger partial charge in [-0.05, 0) is 62.7 Å². The Morgan fingerprint density at radius 2 is 1.33 bits per heavy atom. The maximum absolute atomic E-state index is 13.1. The van der Waals surface area contributed by atoms with Crippen molar-refractivity contribution in [1.82, 2.24) is 20.2 Å². The zero-order valence-electron chi connectivity index (χ0n) is 24.4. The van der Waals surface area contributed by atoms with Gasteiger partial charge in [-0.3, -0.25) is 19.7 Å². The SMILES string of the molecule is CO[C@@H](C)C(=O)O[C@@H](C)C(=O)O[C@@H](C)C(=O)O[C@@H](C)C(=O)O[C@@H](C)C(=O)N1CCN/C1=N/c1ccc2nccnc2c1Br. The van der Waals surface area contributed by atoms with Gasteiger partial charge in [0.05, 0.1) is 15.7 Å². The minimum absolute atomic E-state index is 0.253. The number of aromatic nitrogens is 2. The zero-order chi connectivity index (χ0) is 31.8. The average molecular weight is 666 g/mol. The third kappa shape index (κ3) is 8.44. The summed E-state index contributed by atoms with van der Waals surface area (Å²) in [6.07, 6.45) is -3.20. The van der Waals surface area contributed by atoms with Crippen molar-refractivity contribution in [3.05, 3.63) is 29.0 Å². The van der Waals surface area contributed by atoms with Crippen molar-refractivity contribution in [2.45, 2.75) is 65.1 Å². The summed E-state index contributed by atoms with van der Waals surface area (Å²) in [6.45, 7) is 7.24. The number of benzene rings is 1. The molecule has 1 amide bonds. The number of aliphatic imine (C=N–C) groups is 1. The van der Waals surface area contributed by atoms with Crippen LogP contribution in [0.5, 0.6) is 0 Å². The first kappa shape index (κ1) is 33.3. The van der Waals surface area contributed by atoms with Crippen molar-refractivity contribution in [2.75, 3.05) is 20.2 Å². The smallest absolute Gasteiger partial charge is 0.347 e. The van der Waals surface area contributed by atoms with Crippen LogP contribution in [0.3, 0.4) is 0 Å². The summed E-state index contributed by atoms with van der Waals surface area (Å²) in [7, 11) is 1.30. The Kier molecular flexibility index (Phi) is 11.5. The largest absolute Gasteiger partial charge is 0.450 e. The van der Waals surface area contributed by atoms with Crippen LogP contribution in [0, 0.1) is 0 Å². The lowest BCUT2D eigenvalue weighted by Crippen LogP contribution is -2.44. The van der Waals surface area contributed by atoms with E-state index in [1.54, 1.807) is 24.5 Å². The topological polar surface area (TPSA) is 185 Å². The highest BCUT2D eigenvalue weighted by molar-refractivity contribution is 9.10. The van der Waals surface area contributed by atoms with Crippen molar-refractivity contribution < 1.29 is 47.7 Å². The first-order valence-electron chi connectivity index (χ1n) is 13.2. The average Bonchev–Trinajstić information content (AvgIpc) is 3.45. The van der Waals surface area contributed by atoms with Crippen LogP contribution in [-0.2, 0) is 47.7 Å². The first-order chi connectivity index (χ1) is 20.3. The molecular weight excluding hydrogens is 634 g/mol. The molecule has 5 atom stereocenters. The first-order valence-corrected chi connectivity index (χ1v) is 14.0. The summed E-state index contributed by atoms with van der Waals surface area (Å²) in [4.78, 5) is 76.5. The molecule has 1 aliphatic heterocycles. The fourth-order valence-corrected chi connectivity index (χ4v) is 4.10. The number of guanidine groups is 1. The van der Waals surface area contributed by atoms with Gasteiger partial charge >= 0.3 is 23.9 Å². The molecule has 3 rings (SSSR count). The Hall–Kier alpha value is -4.18. The molecule has 0 aliphatic carbocycles. The van der Waals surface area contributed by atoms with Crippen molar-refractivity contribution in [3.63, 3.8) is 0 Å². The number of carbonyl (C=O) groups is 5. The third-order valence-corrected chi connectivity index (χ3v) is 6.91. The lowest BCUT2D eigenvalue weighted by Gasteiger charge is -2.22. The third-order valence-electron chi connectivity index (χ3n) is 6.13. The number of halogens is 1. The molecule has 0 saturated carbocycles. The number of carbonyl (C=O) groups excluding carboxylic acids is 5. The van der Waals surface area contributed by atoms with E-state index in [0.717, 1.165) is 0 Å². The van der Waals surface area contributed by atoms with Crippen LogP contribution >= 0.6 is 15.9 Å². The molecule has 0 radical (unpaired) electrons. The normalized spacial score (nSPS) is 17.3. The molecule has 0 unspecified atom stereocenters. The van der Waals surface area contributed by atoms with Crippen LogP contribution < -0.4 is 5.32 Å². The minimum Gasteiger partial charge on any atom is -0.450 e. The van der Waals surface area contributed by atoms with Crippen molar-refractivity contribution in [3.8, 4) is 0 Å². The maximum atomic E-state index is 13.1. The van der Waals surface area contributed by atoms with Crippen LogP contribution in [0.25, 0.3) is 11.0 Å². The molecule has 1 aromatic heterocycles. The van der Waals surface area contributed by atoms with Crippen molar-refractivity contribution >= 4 is 68.4 Å². The van der Waals surface area contributed by atoms with Crippen LogP contribution in [0.2, 0.25) is 0 Å². The number of nitrogens with one attached hydrogen (secondary N) is 1. The quantitative estimate of drug-likeness (QED) is 0.270.